The van der Waals surface area contributed by atoms with Gasteiger partial charge in [-0.05, 0) is 6.92 Å². The lowest BCUT2D eigenvalue weighted by Crippen LogP contribution is -2.04. The second-order valence-electron chi connectivity index (χ2n) is 1.93. The number of alkyl halides is 1. The molecule has 0 aliphatic heterocycles. The van der Waals surface area contributed by atoms with Crippen molar-refractivity contribution < 1.29 is 12.5 Å². The lowest BCUT2D eigenvalue weighted by molar-refractivity contribution is 0.355. The van der Waals surface area contributed by atoms with Gasteiger partial charge in [0, 0.05) is 12.4 Å². The zero-order chi connectivity index (χ0) is 8.43. The Bertz CT molecular complexity index is 273. The molecule has 0 radical (unpaired) electrons. The molecule has 0 N–H and O–H groups in total. The van der Waals surface area contributed by atoms with E-state index in [9.17, 15) is 12.5 Å². The van der Waals surface area contributed by atoms with E-state index in [1.54, 1.807) is 0 Å². The average molecular weight is 180 g/mol. The molecule has 0 spiro atoms. The summed E-state index contributed by atoms with van der Waals surface area (Å²) in [5.74, 6) is -0.161. The molecule has 62 valence electrons. The highest BCUT2D eigenvalue weighted by Crippen LogP contribution is 2.14. The van der Waals surface area contributed by atoms with Crippen LogP contribution >= 0.6 is 0 Å². The fourth-order valence-electron chi connectivity index (χ4n) is 0.703. The van der Waals surface area contributed by atoms with Crippen molar-refractivity contribution >= 4 is 11.4 Å². The van der Waals surface area contributed by atoms with Gasteiger partial charge >= 0.3 is 11.4 Å². The van der Waals surface area contributed by atoms with Crippen molar-refractivity contribution in [2.75, 3.05) is 0 Å². The van der Waals surface area contributed by atoms with Crippen molar-refractivity contribution in [1.82, 2.24) is 8.96 Å². The Morgan fingerprint density at radius 1 is 1.82 bits per heavy atom. The van der Waals surface area contributed by atoms with Gasteiger partial charge in [0.25, 0.3) is 0 Å². The van der Waals surface area contributed by atoms with Gasteiger partial charge < -0.3 is 0 Å². The number of aromatic nitrogens is 2. The van der Waals surface area contributed by atoms with Crippen LogP contribution in [0.25, 0.3) is 0 Å². The quantitative estimate of drug-likeness (QED) is 0.643. The van der Waals surface area contributed by atoms with E-state index in [0.29, 0.717) is 3.97 Å². The van der Waals surface area contributed by atoms with Crippen LogP contribution in [-0.2, 0) is 11.4 Å². The normalized spacial score (nSPS) is 16.3. The van der Waals surface area contributed by atoms with E-state index in [-0.39, 0.29) is 5.82 Å². The van der Waals surface area contributed by atoms with Crippen LogP contribution in [0.4, 0.5) is 8.28 Å². The zero-order valence-corrected chi connectivity index (χ0v) is 6.52. The van der Waals surface area contributed by atoms with Gasteiger partial charge in [0.1, 0.15) is 0 Å². The molecule has 2 unspecified atom stereocenters. The van der Waals surface area contributed by atoms with Crippen molar-refractivity contribution in [2.24, 2.45) is 0 Å². The summed E-state index contributed by atoms with van der Waals surface area (Å²) in [5.41, 5.74) is 0. The maximum absolute atomic E-state index is 12.5. The smallest absolute Gasteiger partial charge is 0.239 e. The molecule has 0 bridgehead atoms. The maximum atomic E-state index is 12.5. The number of rotatable bonds is 2. The van der Waals surface area contributed by atoms with Gasteiger partial charge in [0.15, 0.2) is 12.0 Å². The Balaban J connectivity index is 3.06. The van der Waals surface area contributed by atoms with E-state index in [1.165, 1.54) is 13.1 Å². The Labute approximate surface area is 64.9 Å². The molecular formula is C5H6F2N2OS. The molecule has 0 amide bonds. The van der Waals surface area contributed by atoms with Gasteiger partial charge in [-0.2, -0.15) is 4.21 Å². The summed E-state index contributed by atoms with van der Waals surface area (Å²) in [7, 11) is 0. The van der Waals surface area contributed by atoms with Crippen LogP contribution in [0.2, 0.25) is 0 Å². The molecule has 0 saturated heterocycles. The van der Waals surface area contributed by atoms with E-state index in [4.69, 9.17) is 0 Å². The molecule has 1 rings (SSSR count). The summed E-state index contributed by atoms with van der Waals surface area (Å²) < 4.78 is 35.5. The highest BCUT2D eigenvalue weighted by Gasteiger charge is 2.13. The van der Waals surface area contributed by atoms with Gasteiger partial charge in [0.05, 0.1) is 0 Å². The molecule has 0 aromatic carbocycles. The predicted octanol–water partition coefficient (Wildman–Crippen LogP) is 1.31. The third kappa shape index (κ3) is 1.62. The van der Waals surface area contributed by atoms with Gasteiger partial charge in [-0.25, -0.2) is 13.3 Å². The highest BCUT2D eigenvalue weighted by atomic mass is 32.2. The van der Waals surface area contributed by atoms with Crippen LogP contribution in [0.3, 0.4) is 0 Å². The van der Waals surface area contributed by atoms with E-state index in [0.717, 1.165) is 6.20 Å². The van der Waals surface area contributed by atoms with Crippen LogP contribution < -0.4 is 0 Å². The predicted molar refractivity (Wildman–Crippen MR) is 36.4 cm³/mol. The van der Waals surface area contributed by atoms with Crippen LogP contribution in [0.15, 0.2) is 12.4 Å². The number of halogens is 2. The van der Waals surface area contributed by atoms with E-state index in [1.807, 2.05) is 0 Å². The minimum Gasteiger partial charge on any atom is -0.239 e. The highest BCUT2D eigenvalue weighted by molar-refractivity contribution is 7.78. The third-order valence-corrected chi connectivity index (χ3v) is 1.76. The van der Waals surface area contributed by atoms with Crippen molar-refractivity contribution in [3.05, 3.63) is 18.2 Å². The second kappa shape index (κ2) is 3.08. The average Bonchev–Trinajstić information content (AvgIpc) is 2.32. The monoisotopic (exact) mass is 180 g/mol. The minimum absolute atomic E-state index is 0.161. The molecular weight excluding hydrogens is 174 g/mol. The molecule has 1 aromatic heterocycles. The Morgan fingerprint density at radius 2 is 2.45 bits per heavy atom. The first kappa shape index (κ1) is 8.32. The molecule has 0 saturated carbocycles. The summed E-state index contributed by atoms with van der Waals surface area (Å²) in [6.07, 6.45) is 0.912. The Morgan fingerprint density at radius 3 is 2.82 bits per heavy atom. The molecule has 0 fully saturated rings. The first-order chi connectivity index (χ1) is 5.13. The molecule has 11 heavy (non-hydrogen) atoms. The lowest BCUT2D eigenvalue weighted by Gasteiger charge is -2.00. The third-order valence-electron chi connectivity index (χ3n) is 1.15. The number of imidazole rings is 1. The number of hydrogen-bond acceptors (Lipinski definition) is 2. The first-order valence-electron chi connectivity index (χ1n) is 2.88. The largest absolute Gasteiger partial charge is 0.309 e. The second-order valence-corrected chi connectivity index (χ2v) is 2.74. The summed E-state index contributed by atoms with van der Waals surface area (Å²) >= 11 is -2.72. The molecule has 1 heterocycles. The van der Waals surface area contributed by atoms with Crippen LogP contribution in [0.5, 0.6) is 0 Å². The fourth-order valence-corrected chi connectivity index (χ4v) is 1.19. The van der Waals surface area contributed by atoms with E-state index in [2.05, 4.69) is 4.98 Å². The van der Waals surface area contributed by atoms with Crippen molar-refractivity contribution in [2.45, 2.75) is 13.1 Å². The van der Waals surface area contributed by atoms with Crippen molar-refractivity contribution in [3.63, 3.8) is 0 Å². The SMILES string of the molecule is CC(F)c1nccn1S(=O)F. The standard InChI is InChI=1S/C5H6F2N2OS/c1-4(6)5-8-2-3-9(5)11(7)10/h2-4H,1H3. The summed E-state index contributed by atoms with van der Waals surface area (Å²) in [6, 6.07) is 0. The Kier molecular flexibility index (Phi) is 2.33. The minimum atomic E-state index is -2.72. The van der Waals surface area contributed by atoms with Crippen LogP contribution in [-0.4, -0.2) is 13.2 Å². The molecule has 1 aromatic rings. The van der Waals surface area contributed by atoms with Gasteiger partial charge in [-0.3, -0.25) is 0 Å². The molecule has 3 nitrogen and oxygen atoms in total. The topological polar surface area (TPSA) is 34.9 Å². The van der Waals surface area contributed by atoms with Crippen LogP contribution in [0.1, 0.15) is 18.9 Å². The Hall–Kier alpha value is -0.780. The van der Waals surface area contributed by atoms with Crippen molar-refractivity contribution in [3.8, 4) is 0 Å². The summed E-state index contributed by atoms with van der Waals surface area (Å²) in [5, 5.41) is 0. The maximum Gasteiger partial charge on any atom is 0.309 e. The number of hydrogen-bond donors (Lipinski definition) is 0. The molecule has 0 aliphatic rings. The lowest BCUT2D eigenvalue weighted by atomic mass is 10.4. The molecule has 6 heteroatoms. The number of nitrogens with zero attached hydrogens (tertiary/aromatic N) is 2. The van der Waals surface area contributed by atoms with E-state index >= 15 is 0 Å². The fraction of sp³-hybridized carbons (Fsp3) is 0.400. The van der Waals surface area contributed by atoms with Gasteiger partial charge in [-0.15, -0.1) is 3.89 Å². The van der Waals surface area contributed by atoms with Gasteiger partial charge in [-0.1, -0.05) is 0 Å². The molecule has 0 aliphatic carbocycles. The van der Waals surface area contributed by atoms with Crippen molar-refractivity contribution in [1.29, 1.82) is 0 Å². The zero-order valence-electron chi connectivity index (χ0n) is 5.70. The molecule has 2 atom stereocenters. The summed E-state index contributed by atoms with van der Waals surface area (Å²) in [4.78, 5) is 3.49. The van der Waals surface area contributed by atoms with E-state index < -0.39 is 17.5 Å². The first-order valence-corrected chi connectivity index (χ1v) is 3.89. The van der Waals surface area contributed by atoms with Gasteiger partial charge in [0.2, 0.25) is 0 Å². The summed E-state index contributed by atoms with van der Waals surface area (Å²) in [6.45, 7) is 1.20. The van der Waals surface area contributed by atoms with Crippen LogP contribution in [0, 0.1) is 0 Å².